The van der Waals surface area contributed by atoms with Crippen LogP contribution in [0.25, 0.3) is 0 Å². The van der Waals surface area contributed by atoms with E-state index in [2.05, 4.69) is 14.6 Å². The standard InChI is InChI=1S/C15H15F2N3O2S/c16-14(17)22-12-3-1-11(2-4-12)13(21)19-6-8-20(9-7-19)15-18-5-10-23-15/h1-5,10,14H,6-9H2. The number of halogens is 2. The number of piperazine rings is 1. The Morgan fingerprint density at radius 1 is 1.17 bits per heavy atom. The molecule has 1 fully saturated rings. The molecule has 1 aromatic carbocycles. The Balaban J connectivity index is 1.58. The quantitative estimate of drug-likeness (QED) is 0.859. The highest BCUT2D eigenvalue weighted by atomic mass is 32.1. The van der Waals surface area contributed by atoms with Crippen molar-refractivity contribution >= 4 is 22.4 Å². The second kappa shape index (κ2) is 6.91. The summed E-state index contributed by atoms with van der Waals surface area (Å²) in [5, 5.41) is 2.89. The Bertz CT molecular complexity index is 641. The van der Waals surface area contributed by atoms with Crippen molar-refractivity contribution in [2.45, 2.75) is 6.61 Å². The summed E-state index contributed by atoms with van der Waals surface area (Å²) < 4.78 is 28.5. The zero-order chi connectivity index (χ0) is 16.2. The normalized spacial score (nSPS) is 15.1. The lowest BCUT2D eigenvalue weighted by Crippen LogP contribution is -2.48. The summed E-state index contributed by atoms with van der Waals surface area (Å²) >= 11 is 1.58. The number of aromatic nitrogens is 1. The predicted octanol–water partition coefficient (Wildman–Crippen LogP) is 2.71. The molecular weight excluding hydrogens is 324 g/mol. The first-order valence-corrected chi connectivity index (χ1v) is 8.00. The molecule has 23 heavy (non-hydrogen) atoms. The van der Waals surface area contributed by atoms with Gasteiger partial charge in [-0.3, -0.25) is 4.79 Å². The zero-order valence-corrected chi connectivity index (χ0v) is 13.0. The smallest absolute Gasteiger partial charge is 0.387 e. The summed E-state index contributed by atoms with van der Waals surface area (Å²) in [5.74, 6) is -0.0578. The number of ether oxygens (including phenoxy) is 1. The minimum absolute atomic E-state index is 0.0464. The Labute approximate surface area is 136 Å². The van der Waals surface area contributed by atoms with Crippen molar-refractivity contribution in [1.82, 2.24) is 9.88 Å². The fourth-order valence-corrected chi connectivity index (χ4v) is 3.13. The minimum atomic E-state index is -2.87. The van der Waals surface area contributed by atoms with Crippen molar-refractivity contribution in [3.63, 3.8) is 0 Å². The maximum absolute atomic E-state index is 12.4. The number of hydrogen-bond donors (Lipinski definition) is 0. The third-order valence-electron chi connectivity index (χ3n) is 3.58. The van der Waals surface area contributed by atoms with E-state index in [1.165, 1.54) is 24.3 Å². The van der Waals surface area contributed by atoms with E-state index >= 15 is 0 Å². The predicted molar refractivity (Wildman–Crippen MR) is 83.3 cm³/mol. The number of anilines is 1. The lowest BCUT2D eigenvalue weighted by molar-refractivity contribution is -0.0498. The minimum Gasteiger partial charge on any atom is -0.435 e. The zero-order valence-electron chi connectivity index (χ0n) is 12.2. The topological polar surface area (TPSA) is 45.7 Å². The largest absolute Gasteiger partial charge is 0.435 e. The van der Waals surface area contributed by atoms with Crippen molar-refractivity contribution in [2.75, 3.05) is 31.1 Å². The van der Waals surface area contributed by atoms with E-state index in [-0.39, 0.29) is 11.7 Å². The van der Waals surface area contributed by atoms with Gasteiger partial charge in [-0.1, -0.05) is 0 Å². The van der Waals surface area contributed by atoms with Gasteiger partial charge >= 0.3 is 6.61 Å². The van der Waals surface area contributed by atoms with Gasteiger partial charge in [0.25, 0.3) is 5.91 Å². The molecule has 2 heterocycles. The average molecular weight is 339 g/mol. The molecule has 0 saturated carbocycles. The third kappa shape index (κ3) is 3.76. The molecule has 122 valence electrons. The number of carbonyl (C=O) groups excluding carboxylic acids is 1. The highest BCUT2D eigenvalue weighted by Crippen LogP contribution is 2.20. The molecule has 1 aliphatic rings. The van der Waals surface area contributed by atoms with Crippen LogP contribution in [0.5, 0.6) is 5.75 Å². The van der Waals surface area contributed by atoms with E-state index in [0.29, 0.717) is 18.7 Å². The first-order valence-electron chi connectivity index (χ1n) is 7.12. The number of benzene rings is 1. The number of carbonyl (C=O) groups is 1. The van der Waals surface area contributed by atoms with E-state index in [4.69, 9.17) is 0 Å². The van der Waals surface area contributed by atoms with Gasteiger partial charge < -0.3 is 14.5 Å². The average Bonchev–Trinajstić information content (AvgIpc) is 3.09. The van der Waals surface area contributed by atoms with E-state index in [0.717, 1.165) is 18.2 Å². The number of rotatable bonds is 4. The molecule has 0 bridgehead atoms. The monoisotopic (exact) mass is 339 g/mol. The van der Waals surface area contributed by atoms with Crippen LogP contribution in [0.2, 0.25) is 0 Å². The number of thiazole rings is 1. The Hall–Kier alpha value is -2.22. The van der Waals surface area contributed by atoms with Crippen molar-refractivity contribution in [2.24, 2.45) is 0 Å². The van der Waals surface area contributed by atoms with Gasteiger partial charge in [0.2, 0.25) is 0 Å². The molecule has 1 saturated heterocycles. The van der Waals surface area contributed by atoms with Crippen molar-refractivity contribution in [3.8, 4) is 5.75 Å². The first kappa shape index (κ1) is 15.7. The number of nitrogens with zero attached hydrogens (tertiary/aromatic N) is 3. The fourth-order valence-electron chi connectivity index (χ4n) is 2.43. The van der Waals surface area contributed by atoms with Gasteiger partial charge in [0.1, 0.15) is 5.75 Å². The second-order valence-corrected chi connectivity index (χ2v) is 5.87. The summed E-state index contributed by atoms with van der Waals surface area (Å²) in [4.78, 5) is 20.6. The Kier molecular flexibility index (Phi) is 4.71. The molecule has 8 heteroatoms. The highest BCUT2D eigenvalue weighted by Gasteiger charge is 2.23. The third-order valence-corrected chi connectivity index (χ3v) is 4.42. The first-order chi connectivity index (χ1) is 11.1. The van der Waals surface area contributed by atoms with Gasteiger partial charge in [0.05, 0.1) is 0 Å². The van der Waals surface area contributed by atoms with Crippen LogP contribution in [-0.4, -0.2) is 48.6 Å². The summed E-state index contributed by atoms with van der Waals surface area (Å²) in [7, 11) is 0. The molecule has 1 aromatic heterocycles. The Morgan fingerprint density at radius 2 is 1.87 bits per heavy atom. The number of amides is 1. The van der Waals surface area contributed by atoms with Crippen LogP contribution >= 0.6 is 11.3 Å². The van der Waals surface area contributed by atoms with Crippen LogP contribution in [-0.2, 0) is 0 Å². The van der Waals surface area contributed by atoms with Gasteiger partial charge in [-0.15, -0.1) is 11.3 Å². The summed E-state index contributed by atoms with van der Waals surface area (Å²) in [6, 6.07) is 5.77. The molecule has 5 nitrogen and oxygen atoms in total. The number of alkyl halides is 2. The fraction of sp³-hybridized carbons (Fsp3) is 0.333. The molecular formula is C15H15F2N3O2S. The molecule has 0 atom stereocenters. The molecule has 0 radical (unpaired) electrons. The van der Waals surface area contributed by atoms with Gasteiger partial charge in [-0.25, -0.2) is 4.98 Å². The molecule has 0 spiro atoms. The van der Waals surface area contributed by atoms with E-state index in [1.54, 1.807) is 22.4 Å². The molecule has 3 rings (SSSR count). The Morgan fingerprint density at radius 3 is 2.43 bits per heavy atom. The van der Waals surface area contributed by atoms with Gasteiger partial charge in [0.15, 0.2) is 5.13 Å². The summed E-state index contributed by atoms with van der Waals surface area (Å²) in [5.41, 5.74) is 0.467. The maximum Gasteiger partial charge on any atom is 0.387 e. The van der Waals surface area contributed by atoms with Crippen LogP contribution in [0.1, 0.15) is 10.4 Å². The van der Waals surface area contributed by atoms with E-state index in [9.17, 15) is 13.6 Å². The summed E-state index contributed by atoms with van der Waals surface area (Å²) in [6.45, 7) is -0.200. The maximum atomic E-state index is 12.4. The molecule has 1 aliphatic heterocycles. The molecule has 0 N–H and O–H groups in total. The molecule has 1 amide bonds. The van der Waals surface area contributed by atoms with Crippen LogP contribution in [0.15, 0.2) is 35.8 Å². The lowest BCUT2D eigenvalue weighted by atomic mass is 10.1. The highest BCUT2D eigenvalue weighted by molar-refractivity contribution is 7.13. The molecule has 0 unspecified atom stereocenters. The SMILES string of the molecule is O=C(c1ccc(OC(F)F)cc1)N1CCN(c2nccs2)CC1. The second-order valence-electron chi connectivity index (χ2n) is 5.00. The van der Waals surface area contributed by atoms with Gasteiger partial charge in [0, 0.05) is 43.3 Å². The van der Waals surface area contributed by atoms with Crippen LogP contribution in [0, 0.1) is 0 Å². The molecule has 2 aromatic rings. The van der Waals surface area contributed by atoms with Gasteiger partial charge in [-0.05, 0) is 24.3 Å². The molecule has 0 aliphatic carbocycles. The number of hydrogen-bond acceptors (Lipinski definition) is 5. The van der Waals surface area contributed by atoms with E-state index in [1.807, 2.05) is 5.38 Å². The van der Waals surface area contributed by atoms with Crippen molar-refractivity contribution in [1.29, 1.82) is 0 Å². The summed E-state index contributed by atoms with van der Waals surface area (Å²) in [6.07, 6.45) is 1.76. The van der Waals surface area contributed by atoms with Crippen LogP contribution in [0.3, 0.4) is 0 Å². The van der Waals surface area contributed by atoms with Crippen molar-refractivity contribution in [3.05, 3.63) is 41.4 Å². The van der Waals surface area contributed by atoms with Crippen LogP contribution in [0.4, 0.5) is 13.9 Å². The van der Waals surface area contributed by atoms with E-state index < -0.39 is 6.61 Å². The lowest BCUT2D eigenvalue weighted by Gasteiger charge is -2.34. The van der Waals surface area contributed by atoms with Crippen molar-refractivity contribution < 1.29 is 18.3 Å². The van der Waals surface area contributed by atoms with Gasteiger partial charge in [-0.2, -0.15) is 8.78 Å². The van der Waals surface area contributed by atoms with Crippen LogP contribution < -0.4 is 9.64 Å².